The molecule has 0 atom stereocenters. The summed E-state index contributed by atoms with van der Waals surface area (Å²) in [4.78, 5) is 28.6. The third-order valence-electron chi connectivity index (χ3n) is 5.12. The first-order chi connectivity index (χ1) is 12.9. The molecule has 1 heterocycles. The summed E-state index contributed by atoms with van der Waals surface area (Å²) in [5.74, 6) is -0.210. The average Bonchev–Trinajstić information content (AvgIpc) is 2.64. The number of para-hydroxylation sites is 1. The van der Waals surface area contributed by atoms with Crippen LogP contribution in [0.3, 0.4) is 0 Å². The van der Waals surface area contributed by atoms with Crippen molar-refractivity contribution < 1.29 is 9.59 Å². The van der Waals surface area contributed by atoms with Crippen LogP contribution in [0.2, 0.25) is 0 Å². The Hall–Kier alpha value is -2.66. The van der Waals surface area contributed by atoms with E-state index in [4.69, 9.17) is 0 Å². The van der Waals surface area contributed by atoms with Crippen molar-refractivity contribution in [1.29, 1.82) is 0 Å². The van der Waals surface area contributed by atoms with Crippen molar-refractivity contribution in [2.45, 2.75) is 26.8 Å². The number of benzene rings is 2. The predicted octanol–water partition coefficient (Wildman–Crippen LogP) is 2.76. The first-order valence-corrected chi connectivity index (χ1v) is 9.33. The normalized spacial score (nSPS) is 13.7. The highest BCUT2D eigenvalue weighted by Gasteiger charge is 2.21. The van der Waals surface area contributed by atoms with Crippen LogP contribution in [-0.4, -0.2) is 48.3 Å². The number of hydrogen-bond donors (Lipinski definition) is 1. The zero-order chi connectivity index (χ0) is 19.4. The summed E-state index contributed by atoms with van der Waals surface area (Å²) in [6, 6.07) is 14.3. The van der Waals surface area contributed by atoms with Gasteiger partial charge in [-0.15, -0.1) is 0 Å². The van der Waals surface area contributed by atoms with Gasteiger partial charge in [0.05, 0.1) is 13.1 Å². The molecule has 0 saturated heterocycles. The van der Waals surface area contributed by atoms with E-state index in [0.29, 0.717) is 6.54 Å². The number of rotatable bonds is 5. The molecule has 2 aromatic rings. The number of anilines is 1. The highest BCUT2D eigenvalue weighted by Crippen LogP contribution is 2.20. The molecule has 3 rings (SSSR count). The minimum absolute atomic E-state index is 0.0361. The predicted molar refractivity (Wildman–Crippen MR) is 108 cm³/mol. The van der Waals surface area contributed by atoms with Crippen LogP contribution in [-0.2, 0) is 22.6 Å². The lowest BCUT2D eigenvalue weighted by Gasteiger charge is -2.29. The van der Waals surface area contributed by atoms with E-state index in [1.54, 1.807) is 7.05 Å². The van der Waals surface area contributed by atoms with E-state index in [1.807, 2.05) is 38.1 Å². The zero-order valence-electron chi connectivity index (χ0n) is 16.3. The summed E-state index contributed by atoms with van der Waals surface area (Å²) >= 11 is 0. The molecule has 5 nitrogen and oxygen atoms in total. The second-order valence-corrected chi connectivity index (χ2v) is 7.29. The quantitative estimate of drug-likeness (QED) is 0.886. The Kier molecular flexibility index (Phi) is 5.91. The molecule has 0 radical (unpaired) electrons. The van der Waals surface area contributed by atoms with Crippen molar-refractivity contribution in [3.63, 3.8) is 0 Å². The maximum absolute atomic E-state index is 12.5. The van der Waals surface area contributed by atoms with E-state index in [-0.39, 0.29) is 18.4 Å². The van der Waals surface area contributed by atoms with Crippen LogP contribution in [0.1, 0.15) is 22.3 Å². The van der Waals surface area contributed by atoms with E-state index in [1.165, 1.54) is 16.0 Å². The van der Waals surface area contributed by atoms with Gasteiger partial charge in [-0.1, -0.05) is 42.5 Å². The zero-order valence-corrected chi connectivity index (χ0v) is 16.3. The molecule has 0 aliphatic carbocycles. The molecule has 142 valence electrons. The largest absolute Gasteiger partial charge is 0.335 e. The van der Waals surface area contributed by atoms with Gasteiger partial charge in [-0.05, 0) is 42.5 Å². The Morgan fingerprint density at radius 1 is 1.04 bits per heavy atom. The van der Waals surface area contributed by atoms with E-state index in [9.17, 15) is 9.59 Å². The molecule has 27 heavy (non-hydrogen) atoms. The number of fused-ring (bicyclic) bond motifs is 1. The third kappa shape index (κ3) is 4.74. The number of nitrogens with zero attached hydrogens (tertiary/aromatic N) is 2. The molecule has 5 heteroatoms. The van der Waals surface area contributed by atoms with Crippen LogP contribution in [0, 0.1) is 13.8 Å². The Morgan fingerprint density at radius 3 is 2.41 bits per heavy atom. The minimum atomic E-state index is -0.174. The highest BCUT2D eigenvalue weighted by atomic mass is 16.2. The summed E-state index contributed by atoms with van der Waals surface area (Å²) in [7, 11) is 1.69. The molecule has 1 aliphatic heterocycles. The lowest BCUT2D eigenvalue weighted by atomic mass is 10.00. The number of aryl methyl sites for hydroxylation is 2. The number of nitrogens with one attached hydrogen (secondary N) is 1. The van der Waals surface area contributed by atoms with Gasteiger partial charge in [0.15, 0.2) is 0 Å². The smallest absolute Gasteiger partial charge is 0.243 e. The fourth-order valence-electron chi connectivity index (χ4n) is 3.50. The van der Waals surface area contributed by atoms with E-state index in [0.717, 1.165) is 36.3 Å². The Balaban J connectivity index is 1.53. The van der Waals surface area contributed by atoms with Gasteiger partial charge in [-0.3, -0.25) is 14.5 Å². The van der Waals surface area contributed by atoms with Crippen molar-refractivity contribution in [1.82, 2.24) is 9.80 Å². The van der Waals surface area contributed by atoms with Crippen LogP contribution < -0.4 is 5.32 Å². The van der Waals surface area contributed by atoms with E-state index >= 15 is 0 Å². The number of carbonyl (C=O) groups is 2. The van der Waals surface area contributed by atoms with Gasteiger partial charge in [0.2, 0.25) is 11.8 Å². The summed E-state index contributed by atoms with van der Waals surface area (Å²) in [6.07, 6.45) is 0.959. The molecule has 0 unspecified atom stereocenters. The molecule has 1 N–H and O–H groups in total. The van der Waals surface area contributed by atoms with E-state index in [2.05, 4.69) is 28.4 Å². The molecule has 0 spiro atoms. The van der Waals surface area contributed by atoms with Crippen molar-refractivity contribution in [2.24, 2.45) is 0 Å². The van der Waals surface area contributed by atoms with Gasteiger partial charge in [-0.25, -0.2) is 0 Å². The molecule has 0 aromatic heterocycles. The van der Waals surface area contributed by atoms with E-state index < -0.39 is 0 Å². The Bertz CT molecular complexity index is 827. The minimum Gasteiger partial charge on any atom is -0.335 e. The van der Waals surface area contributed by atoms with Crippen molar-refractivity contribution in [3.8, 4) is 0 Å². The molecule has 0 fully saturated rings. The van der Waals surface area contributed by atoms with Crippen molar-refractivity contribution in [2.75, 3.05) is 32.0 Å². The van der Waals surface area contributed by atoms with Gasteiger partial charge < -0.3 is 10.2 Å². The van der Waals surface area contributed by atoms with Crippen LogP contribution in [0.15, 0.2) is 42.5 Å². The van der Waals surface area contributed by atoms with Gasteiger partial charge in [-0.2, -0.15) is 0 Å². The number of hydrogen-bond acceptors (Lipinski definition) is 3. The summed E-state index contributed by atoms with van der Waals surface area (Å²) in [5.41, 5.74) is 5.51. The van der Waals surface area contributed by atoms with Crippen molar-refractivity contribution >= 4 is 17.5 Å². The van der Waals surface area contributed by atoms with Crippen LogP contribution in [0.5, 0.6) is 0 Å². The van der Waals surface area contributed by atoms with Crippen molar-refractivity contribution in [3.05, 3.63) is 64.7 Å². The summed E-state index contributed by atoms with van der Waals surface area (Å²) < 4.78 is 0. The molecular formula is C22H27N3O2. The summed E-state index contributed by atoms with van der Waals surface area (Å²) in [5, 5.41) is 2.93. The first-order valence-electron chi connectivity index (χ1n) is 9.33. The third-order valence-corrected chi connectivity index (χ3v) is 5.12. The fourth-order valence-corrected chi connectivity index (χ4v) is 3.50. The number of likely N-dealkylation sites (N-methyl/N-ethyl adjacent to an activating group) is 1. The van der Waals surface area contributed by atoms with Gasteiger partial charge >= 0.3 is 0 Å². The standard InChI is InChI=1S/C22H27N3O2/c1-16-7-6-8-17(2)22(16)23-20(26)14-24(3)21(27)15-25-12-11-18-9-4-5-10-19(18)13-25/h4-10H,11-15H2,1-3H3,(H,23,26). The Labute approximate surface area is 161 Å². The number of amides is 2. The van der Waals surface area contributed by atoms with Crippen LogP contribution >= 0.6 is 0 Å². The molecule has 1 aliphatic rings. The second-order valence-electron chi connectivity index (χ2n) is 7.29. The maximum Gasteiger partial charge on any atom is 0.243 e. The lowest BCUT2D eigenvalue weighted by Crippen LogP contribution is -2.43. The van der Waals surface area contributed by atoms with Gasteiger partial charge in [0.1, 0.15) is 0 Å². The van der Waals surface area contributed by atoms with Crippen LogP contribution in [0.4, 0.5) is 5.69 Å². The second kappa shape index (κ2) is 8.35. The van der Waals surface area contributed by atoms with Gasteiger partial charge in [0.25, 0.3) is 0 Å². The Morgan fingerprint density at radius 2 is 1.70 bits per heavy atom. The molecular weight excluding hydrogens is 338 g/mol. The SMILES string of the molecule is Cc1cccc(C)c1NC(=O)CN(C)C(=O)CN1CCc2ccccc2C1. The summed E-state index contributed by atoms with van der Waals surface area (Å²) in [6.45, 7) is 5.96. The number of carbonyl (C=O) groups excluding carboxylic acids is 2. The average molecular weight is 365 g/mol. The van der Waals surface area contributed by atoms with Gasteiger partial charge in [0, 0.05) is 25.8 Å². The lowest BCUT2D eigenvalue weighted by molar-refractivity contribution is -0.134. The molecule has 2 aromatic carbocycles. The molecule has 0 saturated carbocycles. The van der Waals surface area contributed by atoms with Crippen LogP contribution in [0.25, 0.3) is 0 Å². The first kappa shape index (κ1) is 19.1. The highest BCUT2D eigenvalue weighted by molar-refractivity contribution is 5.95. The molecule has 0 bridgehead atoms. The fraction of sp³-hybridized carbons (Fsp3) is 0.364. The molecule has 2 amide bonds. The topological polar surface area (TPSA) is 52.7 Å². The monoisotopic (exact) mass is 365 g/mol. The maximum atomic E-state index is 12.5.